The van der Waals surface area contributed by atoms with Gasteiger partial charge in [-0.25, -0.2) is 0 Å². The van der Waals surface area contributed by atoms with E-state index in [1.54, 1.807) is 0 Å². The maximum absolute atomic E-state index is 5.67. The molecule has 3 heteroatoms. The molecule has 3 heterocycles. The Balaban J connectivity index is 1.80. The molecule has 3 saturated heterocycles. The van der Waals surface area contributed by atoms with Crippen LogP contribution in [0.3, 0.4) is 0 Å². The van der Waals surface area contributed by atoms with Crippen LogP contribution in [0.4, 0.5) is 0 Å². The third kappa shape index (κ3) is 0.543. The molecule has 0 amide bonds. The van der Waals surface area contributed by atoms with Crippen molar-refractivity contribution < 1.29 is 14.2 Å². The van der Waals surface area contributed by atoms with Gasteiger partial charge in [0.1, 0.15) is 0 Å². The summed E-state index contributed by atoms with van der Waals surface area (Å²) >= 11 is 0. The minimum absolute atomic E-state index is 0.0790. The number of hydrogen-bond acceptors (Lipinski definition) is 3. The van der Waals surface area contributed by atoms with Crippen LogP contribution in [0.2, 0.25) is 0 Å². The van der Waals surface area contributed by atoms with Gasteiger partial charge in [0.05, 0.1) is 13.2 Å². The molecular weight excluding hydrogens is 156 g/mol. The van der Waals surface area contributed by atoms with E-state index in [-0.39, 0.29) is 12.6 Å². The average Bonchev–Trinajstić information content (AvgIpc) is 2.71. The third-order valence-corrected chi connectivity index (χ3v) is 3.98. The van der Waals surface area contributed by atoms with E-state index >= 15 is 0 Å². The van der Waals surface area contributed by atoms with Crippen molar-refractivity contribution >= 4 is 0 Å². The lowest BCUT2D eigenvalue weighted by Crippen LogP contribution is -2.16. The Morgan fingerprint density at radius 3 is 2.00 bits per heavy atom. The third-order valence-electron chi connectivity index (χ3n) is 3.98. The fourth-order valence-electron chi connectivity index (χ4n) is 3.55. The topological polar surface area (TPSA) is 27.7 Å². The van der Waals surface area contributed by atoms with Crippen LogP contribution in [0.1, 0.15) is 6.42 Å². The molecule has 0 spiro atoms. The lowest BCUT2D eigenvalue weighted by molar-refractivity contribution is -0.189. The molecule has 12 heavy (non-hydrogen) atoms. The fourth-order valence-corrected chi connectivity index (χ4v) is 3.55. The largest absolute Gasteiger partial charge is 0.352 e. The van der Waals surface area contributed by atoms with Crippen molar-refractivity contribution in [1.29, 1.82) is 0 Å². The van der Waals surface area contributed by atoms with Crippen molar-refractivity contribution in [3.05, 3.63) is 0 Å². The van der Waals surface area contributed by atoms with Crippen LogP contribution in [0.15, 0.2) is 0 Å². The van der Waals surface area contributed by atoms with Gasteiger partial charge >= 0.3 is 0 Å². The number of rotatable bonds is 0. The van der Waals surface area contributed by atoms with Crippen LogP contribution < -0.4 is 0 Å². The van der Waals surface area contributed by atoms with E-state index in [9.17, 15) is 0 Å². The first-order valence-electron chi connectivity index (χ1n) is 4.82. The molecule has 4 rings (SSSR count). The molecule has 0 aromatic heterocycles. The summed E-state index contributed by atoms with van der Waals surface area (Å²) in [5.41, 5.74) is 0. The van der Waals surface area contributed by atoms with E-state index < -0.39 is 0 Å². The molecule has 0 aromatic carbocycles. The summed E-state index contributed by atoms with van der Waals surface area (Å²) in [5, 5.41) is 0. The molecule has 66 valence electrons. The predicted octanol–water partition coefficient (Wildman–Crippen LogP) is 0.598. The fraction of sp³-hybridized carbons (Fsp3) is 1.00. The van der Waals surface area contributed by atoms with Crippen molar-refractivity contribution in [3.63, 3.8) is 0 Å². The maximum Gasteiger partial charge on any atom is 0.164 e. The Kier molecular flexibility index (Phi) is 0.986. The Morgan fingerprint density at radius 1 is 0.833 bits per heavy atom. The van der Waals surface area contributed by atoms with E-state index in [0.717, 1.165) is 25.0 Å². The zero-order chi connectivity index (χ0) is 7.71. The van der Waals surface area contributed by atoms with Gasteiger partial charge in [0.15, 0.2) is 12.6 Å². The Labute approximate surface area is 71.0 Å². The van der Waals surface area contributed by atoms with Gasteiger partial charge < -0.3 is 14.2 Å². The van der Waals surface area contributed by atoms with Crippen molar-refractivity contribution in [1.82, 2.24) is 0 Å². The molecule has 3 aliphatic heterocycles. The smallest absolute Gasteiger partial charge is 0.164 e. The minimum atomic E-state index is 0.0790. The SMILES string of the molecule is C1OC2OC3OCC4CC1C2C43. The number of hydrogen-bond donors (Lipinski definition) is 0. The van der Waals surface area contributed by atoms with Gasteiger partial charge in [-0.15, -0.1) is 0 Å². The summed E-state index contributed by atoms with van der Waals surface area (Å²) in [6.45, 7) is 1.85. The molecule has 0 N–H and O–H groups in total. The Bertz CT molecular complexity index is 186. The highest BCUT2D eigenvalue weighted by Crippen LogP contribution is 2.57. The van der Waals surface area contributed by atoms with Crippen molar-refractivity contribution in [2.75, 3.05) is 13.2 Å². The summed E-state index contributed by atoms with van der Waals surface area (Å²) < 4.78 is 16.8. The summed E-state index contributed by atoms with van der Waals surface area (Å²) in [4.78, 5) is 0. The Hall–Kier alpha value is -0.120. The van der Waals surface area contributed by atoms with Gasteiger partial charge in [-0.05, 0) is 18.3 Å². The number of ether oxygens (including phenoxy) is 3. The first-order valence-corrected chi connectivity index (χ1v) is 4.82. The zero-order valence-corrected chi connectivity index (χ0v) is 6.81. The van der Waals surface area contributed by atoms with Crippen LogP contribution in [-0.4, -0.2) is 25.8 Å². The first-order chi connectivity index (χ1) is 5.93. The first kappa shape index (κ1) is 6.35. The van der Waals surface area contributed by atoms with E-state index in [1.807, 2.05) is 0 Å². The van der Waals surface area contributed by atoms with E-state index in [0.29, 0.717) is 11.8 Å². The van der Waals surface area contributed by atoms with Crippen LogP contribution in [0, 0.1) is 23.7 Å². The van der Waals surface area contributed by atoms with Crippen molar-refractivity contribution in [2.45, 2.75) is 19.0 Å². The standard InChI is InChI=1S/C9H12O3/c1-4-2-10-8-6(4)7-5(1)3-11-9(7)12-8/h4-9H,1-3H2. The van der Waals surface area contributed by atoms with Crippen LogP contribution in [0.25, 0.3) is 0 Å². The van der Waals surface area contributed by atoms with Crippen molar-refractivity contribution in [2.24, 2.45) is 23.7 Å². The molecule has 6 unspecified atom stereocenters. The Morgan fingerprint density at radius 2 is 1.42 bits per heavy atom. The molecule has 1 aliphatic carbocycles. The molecule has 6 atom stereocenters. The second-order valence-corrected chi connectivity index (χ2v) is 4.45. The molecule has 4 fully saturated rings. The van der Waals surface area contributed by atoms with E-state index in [1.165, 1.54) is 6.42 Å². The molecule has 0 radical (unpaired) electrons. The van der Waals surface area contributed by atoms with Gasteiger partial charge in [0.2, 0.25) is 0 Å². The van der Waals surface area contributed by atoms with Crippen LogP contribution in [-0.2, 0) is 14.2 Å². The molecule has 1 saturated carbocycles. The van der Waals surface area contributed by atoms with Gasteiger partial charge in [0, 0.05) is 11.8 Å². The van der Waals surface area contributed by atoms with Gasteiger partial charge in [-0.1, -0.05) is 0 Å². The molecule has 0 bridgehead atoms. The van der Waals surface area contributed by atoms with Crippen LogP contribution >= 0.6 is 0 Å². The highest BCUT2D eigenvalue weighted by Gasteiger charge is 2.62. The van der Waals surface area contributed by atoms with Gasteiger partial charge in [-0.3, -0.25) is 0 Å². The van der Waals surface area contributed by atoms with Gasteiger partial charge in [0.25, 0.3) is 0 Å². The predicted molar refractivity (Wildman–Crippen MR) is 39.1 cm³/mol. The molecule has 0 aromatic rings. The highest BCUT2D eigenvalue weighted by atomic mass is 16.8. The van der Waals surface area contributed by atoms with E-state index in [2.05, 4.69) is 0 Å². The second kappa shape index (κ2) is 1.86. The maximum atomic E-state index is 5.67. The summed E-state index contributed by atoms with van der Waals surface area (Å²) in [5.74, 6) is 2.89. The summed E-state index contributed by atoms with van der Waals surface area (Å²) in [6.07, 6.45) is 1.47. The normalized spacial score (nSPS) is 66.0. The van der Waals surface area contributed by atoms with Crippen LogP contribution in [0.5, 0.6) is 0 Å². The van der Waals surface area contributed by atoms with E-state index in [4.69, 9.17) is 14.2 Å². The highest BCUT2D eigenvalue weighted by molar-refractivity contribution is 5.03. The van der Waals surface area contributed by atoms with Gasteiger partial charge in [-0.2, -0.15) is 0 Å². The summed E-state index contributed by atoms with van der Waals surface area (Å²) in [6, 6.07) is 0. The minimum Gasteiger partial charge on any atom is -0.352 e. The second-order valence-electron chi connectivity index (χ2n) is 4.45. The average molecular weight is 168 g/mol. The lowest BCUT2D eigenvalue weighted by atomic mass is 9.91. The molecular formula is C9H12O3. The molecule has 4 aliphatic rings. The zero-order valence-electron chi connectivity index (χ0n) is 6.81. The summed E-state index contributed by atoms with van der Waals surface area (Å²) in [7, 11) is 0. The quantitative estimate of drug-likeness (QED) is 0.530. The lowest BCUT2D eigenvalue weighted by Gasteiger charge is -2.09. The molecule has 3 nitrogen and oxygen atoms in total. The van der Waals surface area contributed by atoms with Crippen molar-refractivity contribution in [3.8, 4) is 0 Å². The monoisotopic (exact) mass is 168 g/mol.